The van der Waals surface area contributed by atoms with Gasteiger partial charge >= 0.3 is 6.18 Å². The molecule has 1 atom stereocenters. The number of fused-ring (bicyclic) bond motifs is 1. The van der Waals surface area contributed by atoms with Gasteiger partial charge in [0.15, 0.2) is 22.8 Å². The van der Waals surface area contributed by atoms with Crippen LogP contribution in [0.3, 0.4) is 0 Å². The fraction of sp³-hybridized carbons (Fsp3) is 0.333. The second-order valence-corrected chi connectivity index (χ2v) is 5.94. The molecule has 9 heteroatoms. The van der Waals surface area contributed by atoms with E-state index in [0.29, 0.717) is 30.4 Å². The molecule has 0 unspecified atom stereocenters. The first-order chi connectivity index (χ1) is 11.4. The predicted molar refractivity (Wildman–Crippen MR) is 81.2 cm³/mol. The van der Waals surface area contributed by atoms with Crippen LogP contribution in [0.1, 0.15) is 0 Å². The Balaban J connectivity index is 1.76. The number of hydrogen-bond acceptors (Lipinski definition) is 6. The van der Waals surface area contributed by atoms with Crippen LogP contribution in [0.4, 0.5) is 13.2 Å². The highest BCUT2D eigenvalue weighted by atomic mass is 32.2. The SMILES string of the molecule is O[C@@H](CSc1nccc(-c2ccc3c(c2)OCCO3)n1)C(F)(F)F. The van der Waals surface area contributed by atoms with Gasteiger partial charge in [0.05, 0.1) is 5.69 Å². The van der Waals surface area contributed by atoms with Crippen molar-refractivity contribution in [1.82, 2.24) is 9.97 Å². The van der Waals surface area contributed by atoms with Crippen molar-refractivity contribution in [2.75, 3.05) is 19.0 Å². The van der Waals surface area contributed by atoms with E-state index in [1.165, 1.54) is 6.20 Å². The maximum Gasteiger partial charge on any atom is 0.415 e. The van der Waals surface area contributed by atoms with Gasteiger partial charge in [0.25, 0.3) is 0 Å². The molecule has 1 aliphatic heterocycles. The normalized spacial score (nSPS) is 15.2. The number of aliphatic hydroxyl groups excluding tert-OH is 1. The van der Waals surface area contributed by atoms with Crippen LogP contribution < -0.4 is 9.47 Å². The van der Waals surface area contributed by atoms with Crippen LogP contribution in [-0.4, -0.2) is 46.3 Å². The lowest BCUT2D eigenvalue weighted by atomic mass is 10.1. The van der Waals surface area contributed by atoms with Crippen LogP contribution in [0.2, 0.25) is 0 Å². The third-order valence-electron chi connectivity index (χ3n) is 3.22. The Labute approximate surface area is 139 Å². The number of aliphatic hydroxyl groups is 1. The minimum absolute atomic E-state index is 0.158. The van der Waals surface area contributed by atoms with Gasteiger partial charge in [0, 0.05) is 17.5 Å². The molecule has 128 valence electrons. The predicted octanol–water partition coefficient (Wildman–Crippen LogP) is 2.93. The summed E-state index contributed by atoms with van der Waals surface area (Å²) in [7, 11) is 0. The summed E-state index contributed by atoms with van der Waals surface area (Å²) >= 11 is 0.745. The van der Waals surface area contributed by atoms with Gasteiger partial charge in [0.1, 0.15) is 13.2 Å². The van der Waals surface area contributed by atoms with E-state index in [2.05, 4.69) is 9.97 Å². The van der Waals surface area contributed by atoms with Crippen molar-refractivity contribution in [3.05, 3.63) is 30.5 Å². The molecule has 3 rings (SSSR count). The minimum Gasteiger partial charge on any atom is -0.486 e. The van der Waals surface area contributed by atoms with Crippen molar-refractivity contribution >= 4 is 11.8 Å². The number of aromatic nitrogens is 2. The molecule has 0 amide bonds. The molecule has 0 spiro atoms. The summed E-state index contributed by atoms with van der Waals surface area (Å²) < 4.78 is 47.9. The number of halogens is 3. The van der Waals surface area contributed by atoms with Crippen molar-refractivity contribution in [3.8, 4) is 22.8 Å². The summed E-state index contributed by atoms with van der Waals surface area (Å²) in [6.45, 7) is 0.943. The first-order valence-electron chi connectivity index (χ1n) is 7.04. The highest BCUT2D eigenvalue weighted by molar-refractivity contribution is 7.99. The Bertz CT molecular complexity index is 727. The van der Waals surface area contributed by atoms with Gasteiger partial charge in [-0.25, -0.2) is 9.97 Å². The van der Waals surface area contributed by atoms with Crippen LogP contribution in [0.15, 0.2) is 35.6 Å². The van der Waals surface area contributed by atoms with E-state index in [1.807, 2.05) is 0 Å². The molecule has 24 heavy (non-hydrogen) atoms. The summed E-state index contributed by atoms with van der Waals surface area (Å²) in [5.41, 5.74) is 1.28. The van der Waals surface area contributed by atoms with Gasteiger partial charge in [-0.3, -0.25) is 0 Å². The Morgan fingerprint density at radius 2 is 1.92 bits per heavy atom. The molecule has 0 aliphatic carbocycles. The summed E-state index contributed by atoms with van der Waals surface area (Å²) in [5, 5.41) is 9.19. The second-order valence-electron chi connectivity index (χ2n) is 4.95. The molecule has 1 aromatic heterocycles. The maximum absolute atomic E-state index is 12.3. The smallest absolute Gasteiger partial charge is 0.415 e. The quantitative estimate of drug-likeness (QED) is 0.670. The van der Waals surface area contributed by atoms with Crippen LogP contribution >= 0.6 is 11.8 Å². The van der Waals surface area contributed by atoms with Crippen LogP contribution in [0.5, 0.6) is 11.5 Å². The molecule has 0 bridgehead atoms. The molecule has 0 radical (unpaired) electrons. The number of thioether (sulfide) groups is 1. The van der Waals surface area contributed by atoms with Crippen molar-refractivity contribution in [2.45, 2.75) is 17.4 Å². The van der Waals surface area contributed by atoms with Crippen molar-refractivity contribution in [1.29, 1.82) is 0 Å². The molecule has 5 nitrogen and oxygen atoms in total. The van der Waals surface area contributed by atoms with Gasteiger partial charge in [-0.15, -0.1) is 0 Å². The topological polar surface area (TPSA) is 64.5 Å². The van der Waals surface area contributed by atoms with Gasteiger partial charge in [-0.05, 0) is 24.3 Å². The second kappa shape index (κ2) is 6.86. The third kappa shape index (κ3) is 3.90. The molecule has 0 fully saturated rings. The van der Waals surface area contributed by atoms with E-state index in [9.17, 15) is 13.2 Å². The Hall–Kier alpha value is -2.00. The monoisotopic (exact) mass is 358 g/mol. The summed E-state index contributed by atoms with van der Waals surface area (Å²) in [6, 6.07) is 6.95. The van der Waals surface area contributed by atoms with Crippen molar-refractivity contribution in [2.24, 2.45) is 0 Å². The van der Waals surface area contributed by atoms with Crippen LogP contribution in [0.25, 0.3) is 11.3 Å². The lowest BCUT2D eigenvalue weighted by molar-refractivity contribution is -0.195. The summed E-state index contributed by atoms with van der Waals surface area (Å²) in [5.74, 6) is 0.676. The Morgan fingerprint density at radius 1 is 1.17 bits per heavy atom. The van der Waals surface area contributed by atoms with Gasteiger partial charge in [-0.1, -0.05) is 11.8 Å². The molecule has 1 aliphatic rings. The number of ether oxygens (including phenoxy) is 2. The van der Waals surface area contributed by atoms with Crippen molar-refractivity contribution < 1.29 is 27.8 Å². The zero-order valence-electron chi connectivity index (χ0n) is 12.3. The first kappa shape index (κ1) is 16.8. The number of rotatable bonds is 4. The van der Waals surface area contributed by atoms with E-state index in [-0.39, 0.29) is 5.16 Å². The van der Waals surface area contributed by atoms with Gasteiger partial charge in [0.2, 0.25) is 0 Å². The average Bonchev–Trinajstić information content (AvgIpc) is 2.58. The standard InChI is InChI=1S/C15H13F3N2O3S/c16-15(17,18)13(21)8-24-14-19-4-3-10(20-14)9-1-2-11-12(7-9)23-6-5-22-11/h1-4,7,13,21H,5-6,8H2/t13-/m0/s1. The highest BCUT2D eigenvalue weighted by Crippen LogP contribution is 2.34. The Kier molecular flexibility index (Phi) is 4.81. The zero-order valence-corrected chi connectivity index (χ0v) is 13.1. The zero-order chi connectivity index (χ0) is 17.2. The molecule has 1 aromatic carbocycles. The molecule has 2 heterocycles. The maximum atomic E-state index is 12.3. The fourth-order valence-corrected chi connectivity index (χ4v) is 2.82. The Morgan fingerprint density at radius 3 is 2.67 bits per heavy atom. The fourth-order valence-electron chi connectivity index (χ4n) is 2.02. The largest absolute Gasteiger partial charge is 0.486 e. The third-order valence-corrected chi connectivity index (χ3v) is 4.16. The van der Waals surface area contributed by atoms with E-state index >= 15 is 0 Å². The van der Waals surface area contributed by atoms with E-state index in [4.69, 9.17) is 14.6 Å². The number of nitrogens with zero attached hydrogens (tertiary/aromatic N) is 2. The van der Waals surface area contributed by atoms with E-state index in [0.717, 1.165) is 17.3 Å². The lowest BCUT2D eigenvalue weighted by Crippen LogP contribution is -2.30. The van der Waals surface area contributed by atoms with Gasteiger partial charge < -0.3 is 14.6 Å². The van der Waals surface area contributed by atoms with E-state index in [1.54, 1.807) is 24.3 Å². The molecular weight excluding hydrogens is 345 g/mol. The molecule has 1 N–H and O–H groups in total. The molecule has 0 saturated heterocycles. The van der Waals surface area contributed by atoms with Crippen molar-refractivity contribution in [3.63, 3.8) is 0 Å². The highest BCUT2D eigenvalue weighted by Gasteiger charge is 2.38. The lowest BCUT2D eigenvalue weighted by Gasteiger charge is -2.18. The first-order valence-corrected chi connectivity index (χ1v) is 8.03. The van der Waals surface area contributed by atoms with E-state index < -0.39 is 18.0 Å². The molecular formula is C15H13F3N2O3S. The number of benzene rings is 1. The van der Waals surface area contributed by atoms with Gasteiger partial charge in [-0.2, -0.15) is 13.2 Å². The minimum atomic E-state index is -4.65. The summed E-state index contributed by atoms with van der Waals surface area (Å²) in [6.07, 6.45) is -5.61. The van der Waals surface area contributed by atoms with Crippen LogP contribution in [0, 0.1) is 0 Å². The van der Waals surface area contributed by atoms with Crippen LogP contribution in [-0.2, 0) is 0 Å². The molecule has 2 aromatic rings. The summed E-state index contributed by atoms with van der Waals surface area (Å²) in [4.78, 5) is 8.15. The number of alkyl halides is 3. The molecule has 0 saturated carbocycles. The number of hydrogen-bond donors (Lipinski definition) is 1. The average molecular weight is 358 g/mol.